The Morgan fingerprint density at radius 1 is 0.886 bits per heavy atom. The first-order valence-corrected chi connectivity index (χ1v) is 14.4. The number of rotatable bonds is 7. The van der Waals surface area contributed by atoms with E-state index in [-0.39, 0.29) is 43.0 Å². The molecule has 5 rings (SSSR count). The number of morpholine rings is 1. The summed E-state index contributed by atoms with van der Waals surface area (Å²) in [6.07, 6.45) is 1.92. The molecule has 0 aliphatic carbocycles. The number of hydrogen-bond donors (Lipinski definition) is 1. The van der Waals surface area contributed by atoms with Crippen LogP contribution in [0.4, 0.5) is 13.6 Å². The Morgan fingerprint density at radius 3 is 2.14 bits per heavy atom. The predicted molar refractivity (Wildman–Crippen MR) is 168 cm³/mol. The molecule has 1 atom stereocenters. The van der Waals surface area contributed by atoms with Crippen molar-refractivity contribution in [3.63, 3.8) is 0 Å². The number of carbonyl (C=O) groups is 2. The largest absolute Gasteiger partial charge is 0.412 e. The molecule has 3 aromatic carbocycles. The van der Waals surface area contributed by atoms with Crippen molar-refractivity contribution in [3.8, 4) is 0 Å². The van der Waals surface area contributed by atoms with Crippen LogP contribution in [0.1, 0.15) is 40.7 Å². The number of halogens is 3. The van der Waals surface area contributed by atoms with E-state index in [9.17, 15) is 18.4 Å². The first-order valence-electron chi connectivity index (χ1n) is 14.4. The minimum absolute atomic E-state index is 0. The lowest BCUT2D eigenvalue weighted by atomic mass is 9.80. The molecule has 0 bridgehead atoms. The van der Waals surface area contributed by atoms with Crippen molar-refractivity contribution in [1.82, 2.24) is 20.0 Å². The Labute approximate surface area is 263 Å². The molecular formula is C33H41ClF2N4O4. The van der Waals surface area contributed by atoms with Gasteiger partial charge in [-0.3, -0.25) is 4.79 Å². The number of nitrogens with zero attached hydrogens (tertiary/aromatic N) is 3. The monoisotopic (exact) mass is 630 g/mol. The van der Waals surface area contributed by atoms with E-state index in [0.29, 0.717) is 43.5 Å². The van der Waals surface area contributed by atoms with E-state index < -0.39 is 22.8 Å². The molecule has 3 aromatic rings. The van der Waals surface area contributed by atoms with E-state index in [1.54, 1.807) is 42.1 Å². The number of carbonyl (C=O) groups excluding carboxylic acids is 2. The van der Waals surface area contributed by atoms with Crippen molar-refractivity contribution in [1.29, 1.82) is 0 Å². The molecule has 0 spiro atoms. The van der Waals surface area contributed by atoms with Crippen LogP contribution >= 0.6 is 12.4 Å². The fraction of sp³-hybridized carbons (Fsp3) is 0.394. The number of nitrogens with one attached hydrogen (secondary N) is 1. The molecule has 238 valence electrons. The van der Waals surface area contributed by atoms with Crippen LogP contribution in [0.15, 0.2) is 78.9 Å². The van der Waals surface area contributed by atoms with E-state index in [1.165, 1.54) is 6.07 Å². The zero-order chi connectivity index (χ0) is 29.7. The summed E-state index contributed by atoms with van der Waals surface area (Å²) in [5.74, 6) is -1.98. The molecule has 2 saturated heterocycles. The second-order valence-electron chi connectivity index (χ2n) is 11.4. The van der Waals surface area contributed by atoms with E-state index in [0.717, 1.165) is 24.7 Å². The number of urea groups is 1. The van der Waals surface area contributed by atoms with Gasteiger partial charge in [0.25, 0.3) is 5.91 Å². The van der Waals surface area contributed by atoms with Crippen molar-refractivity contribution in [2.75, 3.05) is 53.4 Å². The van der Waals surface area contributed by atoms with Gasteiger partial charge in [0.15, 0.2) is 11.6 Å². The summed E-state index contributed by atoms with van der Waals surface area (Å²) >= 11 is 0. The molecule has 1 unspecified atom stereocenters. The van der Waals surface area contributed by atoms with Gasteiger partial charge >= 0.3 is 6.03 Å². The second kappa shape index (κ2) is 14.9. The van der Waals surface area contributed by atoms with Gasteiger partial charge in [0, 0.05) is 45.8 Å². The Bertz CT molecular complexity index is 1390. The standard InChI is InChI=1S/C33H38F2N4O3.ClH.H2O/c1-37(2)31(41)36-32(26-11-7-4-8-12-26)15-18-38(19-16-32)20-17-33(27-13-14-28(34)29(35)23-27)24-39(21-22-42-33)30(40)25-9-5-3-6-10-25;;/h3-14,23H,15-22,24H2,1-2H3,(H,36,41);1H;1H2. The van der Waals surface area contributed by atoms with Gasteiger partial charge in [-0.05, 0) is 54.7 Å². The second-order valence-corrected chi connectivity index (χ2v) is 11.4. The molecule has 44 heavy (non-hydrogen) atoms. The van der Waals surface area contributed by atoms with Crippen LogP contribution in [0.3, 0.4) is 0 Å². The summed E-state index contributed by atoms with van der Waals surface area (Å²) in [4.78, 5) is 31.7. The van der Waals surface area contributed by atoms with E-state index in [2.05, 4.69) is 22.3 Å². The molecule has 2 aliphatic heterocycles. The van der Waals surface area contributed by atoms with E-state index in [4.69, 9.17) is 4.74 Å². The molecule has 0 radical (unpaired) electrons. The number of hydrogen-bond acceptors (Lipinski definition) is 4. The highest BCUT2D eigenvalue weighted by molar-refractivity contribution is 5.94. The molecule has 0 aromatic heterocycles. The average Bonchev–Trinajstić information content (AvgIpc) is 3.02. The van der Waals surface area contributed by atoms with Gasteiger partial charge < -0.3 is 30.2 Å². The molecular weight excluding hydrogens is 590 g/mol. The van der Waals surface area contributed by atoms with Crippen molar-refractivity contribution < 1.29 is 28.6 Å². The summed E-state index contributed by atoms with van der Waals surface area (Å²) in [6.45, 7) is 3.00. The van der Waals surface area contributed by atoms with Crippen molar-refractivity contribution in [3.05, 3.63) is 107 Å². The first kappa shape index (κ1) is 34.9. The summed E-state index contributed by atoms with van der Waals surface area (Å²) in [7, 11) is 3.47. The quantitative estimate of drug-likeness (QED) is 0.413. The normalized spacial score (nSPS) is 19.7. The van der Waals surface area contributed by atoms with Crippen LogP contribution in [0.25, 0.3) is 0 Å². The minimum atomic E-state index is -0.996. The average molecular weight is 631 g/mol. The fourth-order valence-electron chi connectivity index (χ4n) is 6.03. The van der Waals surface area contributed by atoms with Gasteiger partial charge in [0.1, 0.15) is 5.60 Å². The highest BCUT2D eigenvalue weighted by atomic mass is 35.5. The zero-order valence-corrected chi connectivity index (χ0v) is 25.9. The molecule has 8 nitrogen and oxygen atoms in total. The van der Waals surface area contributed by atoms with E-state index >= 15 is 0 Å². The first-order chi connectivity index (χ1) is 20.2. The molecule has 11 heteroatoms. The number of likely N-dealkylation sites (tertiary alicyclic amines) is 1. The summed E-state index contributed by atoms with van der Waals surface area (Å²) in [5, 5.41) is 3.27. The van der Waals surface area contributed by atoms with Gasteiger partial charge in [-0.1, -0.05) is 54.6 Å². The third-order valence-electron chi connectivity index (χ3n) is 8.56. The lowest BCUT2D eigenvalue weighted by molar-refractivity contribution is -0.114. The highest BCUT2D eigenvalue weighted by Gasteiger charge is 2.42. The maximum atomic E-state index is 14.5. The van der Waals surface area contributed by atoms with Crippen LogP contribution in [0.5, 0.6) is 0 Å². The smallest absolute Gasteiger partial charge is 0.317 e. The van der Waals surface area contributed by atoms with Gasteiger partial charge in [-0.2, -0.15) is 0 Å². The molecule has 3 N–H and O–H groups in total. The Kier molecular flexibility index (Phi) is 11.9. The van der Waals surface area contributed by atoms with Gasteiger partial charge in [-0.25, -0.2) is 13.6 Å². The van der Waals surface area contributed by atoms with Crippen LogP contribution in [-0.4, -0.2) is 85.5 Å². The fourth-order valence-corrected chi connectivity index (χ4v) is 6.03. The van der Waals surface area contributed by atoms with Crippen molar-refractivity contribution >= 4 is 24.3 Å². The minimum Gasteiger partial charge on any atom is -0.412 e. The topological polar surface area (TPSA) is 96.6 Å². The van der Waals surface area contributed by atoms with Crippen LogP contribution < -0.4 is 5.32 Å². The van der Waals surface area contributed by atoms with Crippen molar-refractivity contribution in [2.24, 2.45) is 0 Å². The van der Waals surface area contributed by atoms with Gasteiger partial charge in [-0.15, -0.1) is 12.4 Å². The Morgan fingerprint density at radius 2 is 1.52 bits per heavy atom. The van der Waals surface area contributed by atoms with Crippen LogP contribution in [0, 0.1) is 11.6 Å². The summed E-state index contributed by atoms with van der Waals surface area (Å²) < 4.78 is 34.8. The molecule has 2 aliphatic rings. The van der Waals surface area contributed by atoms with Crippen LogP contribution in [-0.2, 0) is 15.9 Å². The van der Waals surface area contributed by atoms with Crippen molar-refractivity contribution in [2.45, 2.75) is 30.4 Å². The number of amides is 3. The number of ether oxygens (including phenoxy) is 1. The Balaban J connectivity index is 0.00000264. The number of benzene rings is 3. The third kappa shape index (κ3) is 7.55. The summed E-state index contributed by atoms with van der Waals surface area (Å²) in [6, 6.07) is 22.8. The number of piperidine rings is 1. The molecule has 3 amide bonds. The maximum absolute atomic E-state index is 14.5. The lowest BCUT2D eigenvalue weighted by Crippen LogP contribution is -2.56. The highest BCUT2D eigenvalue weighted by Crippen LogP contribution is 2.37. The SMILES string of the molecule is CN(C)C(=O)NC1(c2ccccc2)CCN(CCC2(c3ccc(F)c(F)c3)CN(C(=O)c3ccccc3)CCO2)CC1.Cl.O. The molecule has 2 heterocycles. The Hall–Kier alpha value is -3.57. The predicted octanol–water partition coefficient (Wildman–Crippen LogP) is 4.58. The lowest BCUT2D eigenvalue weighted by Gasteiger charge is -2.46. The summed E-state index contributed by atoms with van der Waals surface area (Å²) in [5.41, 5.74) is 0.679. The molecule has 0 saturated carbocycles. The van der Waals surface area contributed by atoms with Gasteiger partial charge in [0.05, 0.1) is 18.7 Å². The maximum Gasteiger partial charge on any atom is 0.317 e. The third-order valence-corrected chi connectivity index (χ3v) is 8.56. The zero-order valence-electron chi connectivity index (χ0n) is 25.1. The molecule has 2 fully saturated rings. The van der Waals surface area contributed by atoms with E-state index in [1.807, 2.05) is 36.4 Å². The van der Waals surface area contributed by atoms with Crippen LogP contribution in [0.2, 0.25) is 0 Å². The van der Waals surface area contributed by atoms with Gasteiger partial charge in [0.2, 0.25) is 0 Å².